The third-order valence-electron chi connectivity index (χ3n) is 3.16. The summed E-state index contributed by atoms with van der Waals surface area (Å²) in [5, 5.41) is 0. The van der Waals surface area contributed by atoms with Crippen LogP contribution in [0.5, 0.6) is 0 Å². The lowest BCUT2D eigenvalue weighted by atomic mass is 10.1. The fourth-order valence-corrected chi connectivity index (χ4v) is 3.58. The highest BCUT2D eigenvalue weighted by atomic mass is 32.2. The molecule has 1 aromatic rings. The second-order valence-electron chi connectivity index (χ2n) is 4.59. The number of hydrogen-bond acceptors (Lipinski definition) is 4. The maximum Gasteiger partial charge on any atom is 0.240 e. The van der Waals surface area contributed by atoms with Gasteiger partial charge < -0.3 is 5.73 Å². The molecule has 0 aliphatic heterocycles. The van der Waals surface area contributed by atoms with Gasteiger partial charge in [-0.1, -0.05) is 13.0 Å². The summed E-state index contributed by atoms with van der Waals surface area (Å²) < 4.78 is 27.0. The molecule has 4 nitrogen and oxygen atoms in total. The first kappa shape index (κ1) is 17.5. The maximum absolute atomic E-state index is 12.2. The van der Waals surface area contributed by atoms with Crippen LogP contribution >= 0.6 is 11.8 Å². The van der Waals surface area contributed by atoms with Gasteiger partial charge in [-0.05, 0) is 54.5 Å². The van der Waals surface area contributed by atoms with E-state index in [1.54, 1.807) is 23.9 Å². The molecule has 1 aromatic carbocycles. The summed E-state index contributed by atoms with van der Waals surface area (Å²) in [5.74, 6) is 1.06. The number of hydrogen-bond donors (Lipinski definition) is 2. The Morgan fingerprint density at radius 1 is 1.25 bits per heavy atom. The zero-order valence-corrected chi connectivity index (χ0v) is 13.8. The Bertz CT molecular complexity index is 516. The van der Waals surface area contributed by atoms with Gasteiger partial charge in [-0.2, -0.15) is 11.8 Å². The van der Waals surface area contributed by atoms with Crippen LogP contribution in [0.15, 0.2) is 23.1 Å². The molecule has 114 valence electrons. The molecule has 3 N–H and O–H groups in total. The highest BCUT2D eigenvalue weighted by Gasteiger charge is 2.14. The molecule has 0 bridgehead atoms. The van der Waals surface area contributed by atoms with Gasteiger partial charge in [0.1, 0.15) is 0 Å². The first-order chi connectivity index (χ1) is 9.55. The van der Waals surface area contributed by atoms with E-state index in [-0.39, 0.29) is 0 Å². The highest BCUT2D eigenvalue weighted by molar-refractivity contribution is 7.98. The van der Waals surface area contributed by atoms with Crippen LogP contribution in [-0.4, -0.2) is 27.0 Å². The zero-order valence-electron chi connectivity index (χ0n) is 12.2. The molecule has 6 heteroatoms. The van der Waals surface area contributed by atoms with Crippen LogP contribution in [0, 0.1) is 0 Å². The predicted molar refractivity (Wildman–Crippen MR) is 86.5 cm³/mol. The van der Waals surface area contributed by atoms with Gasteiger partial charge >= 0.3 is 0 Å². The van der Waals surface area contributed by atoms with Crippen molar-refractivity contribution in [1.82, 2.24) is 4.72 Å². The fourth-order valence-electron chi connectivity index (χ4n) is 1.97. The van der Waals surface area contributed by atoms with E-state index in [1.807, 2.05) is 19.2 Å². The van der Waals surface area contributed by atoms with Gasteiger partial charge in [-0.15, -0.1) is 0 Å². The first-order valence-corrected chi connectivity index (χ1v) is 9.73. The van der Waals surface area contributed by atoms with Gasteiger partial charge in [-0.3, -0.25) is 0 Å². The Labute approximate surface area is 126 Å². The lowest BCUT2D eigenvalue weighted by molar-refractivity contribution is 0.578. The molecule has 0 saturated carbocycles. The van der Waals surface area contributed by atoms with Crippen LogP contribution in [0.25, 0.3) is 0 Å². The number of aryl methyl sites for hydroxylation is 1. The minimum atomic E-state index is -3.42. The quantitative estimate of drug-likeness (QED) is 0.685. The third kappa shape index (κ3) is 5.09. The van der Waals surface area contributed by atoms with Crippen molar-refractivity contribution < 1.29 is 8.42 Å². The molecular weight excluding hydrogens is 292 g/mol. The van der Waals surface area contributed by atoms with Gasteiger partial charge in [0.05, 0.1) is 4.90 Å². The largest absolute Gasteiger partial charge is 0.326 e. The summed E-state index contributed by atoms with van der Waals surface area (Å²) in [6.07, 6.45) is 4.78. The van der Waals surface area contributed by atoms with Crippen LogP contribution in [0.3, 0.4) is 0 Å². The molecule has 0 atom stereocenters. The van der Waals surface area contributed by atoms with E-state index in [0.717, 1.165) is 36.1 Å². The van der Waals surface area contributed by atoms with E-state index in [4.69, 9.17) is 5.73 Å². The molecule has 0 aromatic heterocycles. The number of thioether (sulfide) groups is 1. The van der Waals surface area contributed by atoms with Crippen LogP contribution in [-0.2, 0) is 23.0 Å². The van der Waals surface area contributed by atoms with Gasteiger partial charge in [0.2, 0.25) is 10.0 Å². The minimum absolute atomic E-state index is 0.306. The fraction of sp³-hybridized carbons (Fsp3) is 0.571. The molecule has 20 heavy (non-hydrogen) atoms. The van der Waals surface area contributed by atoms with E-state index in [2.05, 4.69) is 4.72 Å². The van der Waals surface area contributed by atoms with Gasteiger partial charge in [0, 0.05) is 13.1 Å². The molecule has 0 unspecified atom stereocenters. The molecule has 1 rings (SSSR count). The van der Waals surface area contributed by atoms with Gasteiger partial charge in [-0.25, -0.2) is 13.1 Å². The Morgan fingerprint density at radius 2 is 2.00 bits per heavy atom. The Morgan fingerprint density at radius 3 is 2.60 bits per heavy atom. The number of nitrogens with two attached hydrogens (primary N) is 1. The predicted octanol–water partition coefficient (Wildman–Crippen LogP) is 2.13. The lowest BCUT2D eigenvalue weighted by Gasteiger charge is -2.10. The van der Waals surface area contributed by atoms with Crippen LogP contribution < -0.4 is 10.5 Å². The Hall–Kier alpha value is -0.560. The smallest absolute Gasteiger partial charge is 0.240 e. The molecule has 0 radical (unpaired) electrons. The van der Waals surface area contributed by atoms with Crippen molar-refractivity contribution in [2.75, 3.05) is 18.6 Å². The molecule has 0 heterocycles. The third-order valence-corrected chi connectivity index (χ3v) is 5.31. The summed E-state index contributed by atoms with van der Waals surface area (Å²) >= 11 is 1.77. The van der Waals surface area contributed by atoms with Crippen molar-refractivity contribution in [3.05, 3.63) is 29.3 Å². The van der Waals surface area contributed by atoms with Crippen LogP contribution in [0.1, 0.15) is 30.9 Å². The summed E-state index contributed by atoms with van der Waals surface area (Å²) in [7, 11) is -3.42. The van der Waals surface area contributed by atoms with Gasteiger partial charge in [0.25, 0.3) is 0 Å². The van der Waals surface area contributed by atoms with Crippen molar-refractivity contribution in [3.8, 4) is 0 Å². The first-order valence-electron chi connectivity index (χ1n) is 6.85. The monoisotopic (exact) mass is 316 g/mol. The van der Waals surface area contributed by atoms with E-state index in [9.17, 15) is 8.42 Å². The Kier molecular flexibility index (Phi) is 7.58. The van der Waals surface area contributed by atoms with E-state index in [1.165, 1.54) is 0 Å². The van der Waals surface area contributed by atoms with Crippen molar-refractivity contribution in [1.29, 1.82) is 0 Å². The van der Waals surface area contributed by atoms with Crippen molar-refractivity contribution in [2.24, 2.45) is 5.73 Å². The van der Waals surface area contributed by atoms with Crippen molar-refractivity contribution in [2.45, 2.75) is 37.6 Å². The van der Waals surface area contributed by atoms with Crippen molar-refractivity contribution >= 4 is 21.8 Å². The van der Waals surface area contributed by atoms with Crippen LogP contribution in [0.2, 0.25) is 0 Å². The molecule has 0 saturated heterocycles. The minimum Gasteiger partial charge on any atom is -0.326 e. The molecule has 0 spiro atoms. The zero-order chi connectivity index (χ0) is 15.0. The standard InChI is InChI=1S/C14H24N2O2S2/c1-3-12-6-7-14(10-13(12)11-15)20(17,18)16-8-4-5-9-19-2/h6-7,10,16H,3-5,8-9,11,15H2,1-2H3. The summed E-state index contributed by atoms with van der Waals surface area (Å²) in [4.78, 5) is 0.306. The summed E-state index contributed by atoms with van der Waals surface area (Å²) in [6.45, 7) is 2.88. The normalized spacial score (nSPS) is 11.8. The average Bonchev–Trinajstić information content (AvgIpc) is 2.46. The number of unbranched alkanes of at least 4 members (excludes halogenated alkanes) is 1. The molecule has 0 aliphatic carbocycles. The molecule has 0 amide bonds. The highest BCUT2D eigenvalue weighted by Crippen LogP contribution is 2.16. The number of rotatable bonds is 9. The average molecular weight is 316 g/mol. The van der Waals surface area contributed by atoms with E-state index in [0.29, 0.717) is 18.0 Å². The maximum atomic E-state index is 12.2. The summed E-state index contributed by atoms with van der Waals surface area (Å²) in [5.41, 5.74) is 7.68. The van der Waals surface area contributed by atoms with E-state index >= 15 is 0 Å². The number of benzene rings is 1. The second-order valence-corrected chi connectivity index (χ2v) is 7.34. The summed E-state index contributed by atoms with van der Waals surface area (Å²) in [6, 6.07) is 5.19. The number of nitrogens with one attached hydrogen (secondary N) is 1. The lowest BCUT2D eigenvalue weighted by Crippen LogP contribution is -2.25. The van der Waals surface area contributed by atoms with E-state index < -0.39 is 10.0 Å². The number of sulfonamides is 1. The van der Waals surface area contributed by atoms with Crippen molar-refractivity contribution in [3.63, 3.8) is 0 Å². The topological polar surface area (TPSA) is 72.2 Å². The molecule has 0 aliphatic rings. The van der Waals surface area contributed by atoms with Gasteiger partial charge in [0.15, 0.2) is 0 Å². The SMILES string of the molecule is CCc1ccc(S(=O)(=O)NCCCCSC)cc1CN. The second kappa shape index (κ2) is 8.67. The van der Waals surface area contributed by atoms with Crippen LogP contribution in [0.4, 0.5) is 0 Å². The molecular formula is C14H24N2O2S2. The molecule has 0 fully saturated rings. The Balaban J connectivity index is 2.72.